The summed E-state index contributed by atoms with van der Waals surface area (Å²) in [5.74, 6) is 0.326. The molecule has 0 radical (unpaired) electrons. The maximum Gasteiger partial charge on any atom is 0.170 e. The number of benzene rings is 1. The van der Waals surface area contributed by atoms with E-state index in [-0.39, 0.29) is 11.9 Å². The summed E-state index contributed by atoms with van der Waals surface area (Å²) < 4.78 is 24.0. The Bertz CT molecular complexity index is 460. The zero-order chi connectivity index (χ0) is 10.8. The summed E-state index contributed by atoms with van der Waals surface area (Å²) in [6, 6.07) is 6.68. The number of halogens is 1. The number of rotatable bonds is 3. The molecular weight excluding hydrogens is 195 g/mol. The maximum absolute atomic E-state index is 13.3. The minimum Gasteiger partial charge on any atom is -0.456 e. The lowest BCUT2D eigenvalue weighted by atomic mass is 10.2. The SMILES string of the molecule is CC(C)OCc1cc2cccc(F)c2o1. The van der Waals surface area contributed by atoms with Crippen LogP contribution in [0.5, 0.6) is 0 Å². The molecule has 0 aliphatic heterocycles. The van der Waals surface area contributed by atoms with Gasteiger partial charge in [-0.15, -0.1) is 0 Å². The predicted molar refractivity (Wildman–Crippen MR) is 56.1 cm³/mol. The zero-order valence-corrected chi connectivity index (χ0v) is 8.79. The van der Waals surface area contributed by atoms with Crippen LogP contribution in [0.3, 0.4) is 0 Å². The van der Waals surface area contributed by atoms with Crippen molar-refractivity contribution in [3.8, 4) is 0 Å². The van der Waals surface area contributed by atoms with Crippen LogP contribution in [0.2, 0.25) is 0 Å². The van der Waals surface area contributed by atoms with E-state index in [1.165, 1.54) is 6.07 Å². The molecule has 2 rings (SSSR count). The largest absolute Gasteiger partial charge is 0.456 e. The van der Waals surface area contributed by atoms with Crippen LogP contribution in [-0.4, -0.2) is 6.10 Å². The summed E-state index contributed by atoms with van der Waals surface area (Å²) in [5, 5.41) is 0.775. The Labute approximate surface area is 87.6 Å². The lowest BCUT2D eigenvalue weighted by Crippen LogP contribution is -2.01. The molecule has 0 unspecified atom stereocenters. The Morgan fingerprint density at radius 3 is 2.87 bits per heavy atom. The molecule has 0 amide bonds. The molecule has 0 bridgehead atoms. The Morgan fingerprint density at radius 1 is 1.40 bits per heavy atom. The Kier molecular flexibility index (Phi) is 2.73. The normalized spacial score (nSPS) is 11.5. The summed E-state index contributed by atoms with van der Waals surface area (Å²) in [6.45, 7) is 4.28. The molecule has 0 aliphatic rings. The molecule has 0 N–H and O–H groups in total. The van der Waals surface area contributed by atoms with E-state index in [0.29, 0.717) is 18.0 Å². The second-order valence-electron chi connectivity index (χ2n) is 3.73. The monoisotopic (exact) mass is 208 g/mol. The molecule has 0 aliphatic carbocycles. The number of para-hydroxylation sites is 1. The lowest BCUT2D eigenvalue weighted by Gasteiger charge is -2.03. The molecule has 0 spiro atoms. The van der Waals surface area contributed by atoms with E-state index in [4.69, 9.17) is 9.15 Å². The van der Waals surface area contributed by atoms with Crippen LogP contribution in [0.15, 0.2) is 28.7 Å². The average Bonchev–Trinajstić information content (AvgIpc) is 2.59. The molecule has 3 heteroatoms. The van der Waals surface area contributed by atoms with Gasteiger partial charge < -0.3 is 9.15 Å². The van der Waals surface area contributed by atoms with Crippen LogP contribution in [0.1, 0.15) is 19.6 Å². The van der Waals surface area contributed by atoms with Crippen molar-refractivity contribution in [1.29, 1.82) is 0 Å². The van der Waals surface area contributed by atoms with Gasteiger partial charge in [0.15, 0.2) is 11.4 Å². The standard InChI is InChI=1S/C12H13FO2/c1-8(2)14-7-10-6-9-4-3-5-11(13)12(9)15-10/h3-6,8H,7H2,1-2H3. The molecule has 15 heavy (non-hydrogen) atoms. The van der Waals surface area contributed by atoms with Crippen molar-refractivity contribution >= 4 is 11.0 Å². The molecule has 1 aromatic heterocycles. The highest BCUT2D eigenvalue weighted by atomic mass is 19.1. The van der Waals surface area contributed by atoms with Crippen molar-refractivity contribution in [2.45, 2.75) is 26.6 Å². The second-order valence-corrected chi connectivity index (χ2v) is 3.73. The fourth-order valence-corrected chi connectivity index (χ4v) is 1.40. The summed E-state index contributed by atoms with van der Waals surface area (Å²) in [5.41, 5.74) is 0.305. The van der Waals surface area contributed by atoms with Gasteiger partial charge in [-0.3, -0.25) is 0 Å². The minimum atomic E-state index is -0.330. The number of hydrogen-bond donors (Lipinski definition) is 0. The van der Waals surface area contributed by atoms with Crippen LogP contribution >= 0.6 is 0 Å². The van der Waals surface area contributed by atoms with Crippen LogP contribution in [0.25, 0.3) is 11.0 Å². The van der Waals surface area contributed by atoms with Gasteiger partial charge in [0.25, 0.3) is 0 Å². The van der Waals surface area contributed by atoms with E-state index in [1.54, 1.807) is 12.1 Å². The number of ether oxygens (including phenoxy) is 1. The molecule has 1 heterocycles. The van der Waals surface area contributed by atoms with Crippen molar-refractivity contribution in [3.63, 3.8) is 0 Å². The van der Waals surface area contributed by atoms with Crippen LogP contribution in [0, 0.1) is 5.82 Å². The van der Waals surface area contributed by atoms with Gasteiger partial charge in [-0.2, -0.15) is 0 Å². The zero-order valence-electron chi connectivity index (χ0n) is 8.79. The van der Waals surface area contributed by atoms with Crippen LogP contribution < -0.4 is 0 Å². The highest BCUT2D eigenvalue weighted by molar-refractivity contribution is 5.78. The van der Waals surface area contributed by atoms with Crippen LogP contribution in [-0.2, 0) is 11.3 Å². The van der Waals surface area contributed by atoms with Gasteiger partial charge in [-0.05, 0) is 26.0 Å². The van der Waals surface area contributed by atoms with Crippen LogP contribution in [0.4, 0.5) is 4.39 Å². The third kappa shape index (κ3) is 2.18. The molecule has 2 nitrogen and oxygen atoms in total. The molecule has 0 saturated heterocycles. The van der Waals surface area contributed by atoms with E-state index in [2.05, 4.69) is 0 Å². The first-order valence-corrected chi connectivity index (χ1v) is 4.95. The number of fused-ring (bicyclic) bond motifs is 1. The third-order valence-corrected chi connectivity index (χ3v) is 2.11. The average molecular weight is 208 g/mol. The van der Waals surface area contributed by atoms with Crippen molar-refractivity contribution in [1.82, 2.24) is 0 Å². The summed E-state index contributed by atoms with van der Waals surface area (Å²) in [6.07, 6.45) is 0.142. The van der Waals surface area contributed by atoms with Crippen molar-refractivity contribution in [2.24, 2.45) is 0 Å². The van der Waals surface area contributed by atoms with Crippen molar-refractivity contribution in [3.05, 3.63) is 35.8 Å². The molecule has 80 valence electrons. The number of hydrogen-bond acceptors (Lipinski definition) is 2. The summed E-state index contributed by atoms with van der Waals surface area (Å²) >= 11 is 0. The van der Waals surface area contributed by atoms with E-state index in [0.717, 1.165) is 5.39 Å². The first-order chi connectivity index (χ1) is 7.16. The topological polar surface area (TPSA) is 22.4 Å². The predicted octanol–water partition coefficient (Wildman–Crippen LogP) is 3.50. The fraction of sp³-hybridized carbons (Fsp3) is 0.333. The van der Waals surface area contributed by atoms with Gasteiger partial charge >= 0.3 is 0 Å². The minimum absolute atomic E-state index is 0.142. The molecule has 0 fully saturated rings. The lowest BCUT2D eigenvalue weighted by molar-refractivity contribution is 0.0553. The van der Waals surface area contributed by atoms with Crippen molar-refractivity contribution < 1.29 is 13.5 Å². The molecule has 0 saturated carbocycles. The van der Waals surface area contributed by atoms with Gasteiger partial charge in [-0.25, -0.2) is 4.39 Å². The van der Waals surface area contributed by atoms with E-state index < -0.39 is 0 Å². The van der Waals surface area contributed by atoms with Gasteiger partial charge in [0.1, 0.15) is 12.4 Å². The Hall–Kier alpha value is -1.35. The van der Waals surface area contributed by atoms with Gasteiger partial charge in [0, 0.05) is 5.39 Å². The maximum atomic E-state index is 13.3. The highest BCUT2D eigenvalue weighted by Crippen LogP contribution is 2.22. The highest BCUT2D eigenvalue weighted by Gasteiger charge is 2.08. The second kappa shape index (κ2) is 4.03. The molecule has 2 aromatic rings. The van der Waals surface area contributed by atoms with E-state index in [9.17, 15) is 4.39 Å². The third-order valence-electron chi connectivity index (χ3n) is 2.11. The molecular formula is C12H13FO2. The fourth-order valence-electron chi connectivity index (χ4n) is 1.40. The Balaban J connectivity index is 2.27. The quantitative estimate of drug-likeness (QED) is 0.770. The van der Waals surface area contributed by atoms with Gasteiger partial charge in [0.05, 0.1) is 6.10 Å². The van der Waals surface area contributed by atoms with Gasteiger partial charge in [0.2, 0.25) is 0 Å². The van der Waals surface area contributed by atoms with E-state index >= 15 is 0 Å². The van der Waals surface area contributed by atoms with E-state index in [1.807, 2.05) is 19.9 Å². The van der Waals surface area contributed by atoms with Gasteiger partial charge in [-0.1, -0.05) is 12.1 Å². The molecule has 1 aromatic carbocycles. The first kappa shape index (κ1) is 10.2. The number of furan rings is 1. The first-order valence-electron chi connectivity index (χ1n) is 4.95. The van der Waals surface area contributed by atoms with Crippen molar-refractivity contribution in [2.75, 3.05) is 0 Å². The summed E-state index contributed by atoms with van der Waals surface area (Å²) in [4.78, 5) is 0. The summed E-state index contributed by atoms with van der Waals surface area (Å²) in [7, 11) is 0. The molecule has 0 atom stereocenters. The smallest absolute Gasteiger partial charge is 0.170 e. The Morgan fingerprint density at radius 2 is 2.20 bits per heavy atom.